The molecule has 1 saturated heterocycles. The highest BCUT2D eigenvalue weighted by molar-refractivity contribution is 7.13. The smallest absolute Gasteiger partial charge is 0.319 e. The zero-order valence-electron chi connectivity index (χ0n) is 14.3. The van der Waals surface area contributed by atoms with Crippen LogP contribution in [0.15, 0.2) is 48.1 Å². The summed E-state index contributed by atoms with van der Waals surface area (Å²) in [6.45, 7) is 0. The number of urea groups is 1. The van der Waals surface area contributed by atoms with Crippen LogP contribution >= 0.6 is 11.3 Å². The third-order valence-electron chi connectivity index (χ3n) is 4.41. The molecule has 0 radical (unpaired) electrons. The van der Waals surface area contributed by atoms with Crippen molar-refractivity contribution in [2.45, 2.75) is 24.9 Å². The Balaban J connectivity index is 1.47. The molecular formula is C18H18N6O2S. The summed E-state index contributed by atoms with van der Waals surface area (Å²) in [6, 6.07) is 8.82. The first-order valence-electron chi connectivity index (χ1n) is 8.56. The van der Waals surface area contributed by atoms with Crippen LogP contribution in [0.2, 0.25) is 0 Å². The van der Waals surface area contributed by atoms with Gasteiger partial charge in [-0.05, 0) is 12.0 Å². The van der Waals surface area contributed by atoms with Gasteiger partial charge in [-0.2, -0.15) is 5.10 Å². The van der Waals surface area contributed by atoms with Gasteiger partial charge in [0.05, 0.1) is 24.0 Å². The summed E-state index contributed by atoms with van der Waals surface area (Å²) in [5.41, 5.74) is 2.18. The second-order valence-corrected chi connectivity index (χ2v) is 7.09. The number of H-pyrrole nitrogens is 1. The van der Waals surface area contributed by atoms with Gasteiger partial charge in [-0.15, -0.1) is 11.3 Å². The lowest BCUT2D eigenvalue weighted by Gasteiger charge is -2.33. The van der Waals surface area contributed by atoms with Gasteiger partial charge in [0.15, 0.2) is 0 Å². The maximum atomic E-state index is 12.6. The van der Waals surface area contributed by atoms with Gasteiger partial charge in [0.25, 0.3) is 0 Å². The van der Waals surface area contributed by atoms with Crippen LogP contribution in [0.25, 0.3) is 10.7 Å². The monoisotopic (exact) mass is 382 g/mol. The summed E-state index contributed by atoms with van der Waals surface area (Å²) in [6.07, 6.45) is 4.20. The molecule has 1 aromatic carbocycles. The molecule has 3 amide bonds. The second kappa shape index (κ2) is 7.58. The number of aromatic nitrogens is 3. The molecule has 27 heavy (non-hydrogen) atoms. The van der Waals surface area contributed by atoms with Crippen LogP contribution in [0.5, 0.6) is 0 Å². The molecule has 4 rings (SSSR count). The molecule has 0 unspecified atom stereocenters. The summed E-state index contributed by atoms with van der Waals surface area (Å²) in [5.74, 6) is -0.0109. The van der Waals surface area contributed by atoms with Crippen LogP contribution in [0, 0.1) is 0 Å². The molecule has 8 nitrogen and oxygen atoms in total. The van der Waals surface area contributed by atoms with E-state index in [2.05, 4.69) is 31.1 Å². The Hall–Kier alpha value is -3.20. The number of carbonyl (C=O) groups is 2. The Kier molecular flexibility index (Phi) is 4.84. The average molecular weight is 382 g/mol. The second-order valence-electron chi connectivity index (χ2n) is 6.20. The summed E-state index contributed by atoms with van der Waals surface area (Å²) >= 11 is 1.45. The fraction of sp³-hybridized carbons (Fsp3) is 0.222. The number of hydrogen-bond acceptors (Lipinski definition) is 5. The first kappa shape index (κ1) is 17.2. The highest BCUT2D eigenvalue weighted by atomic mass is 32.1. The Morgan fingerprint density at radius 1 is 1.26 bits per heavy atom. The Labute approximate surface area is 159 Å². The first-order valence-corrected chi connectivity index (χ1v) is 9.44. The van der Waals surface area contributed by atoms with E-state index in [-0.39, 0.29) is 24.0 Å². The standard InChI is InChI=1S/C18H18N6O2S/c25-14-7-6-12(15(23-14)11-4-2-1-3-5-11)21-18(26)22-13-10-20-24-16(13)17-19-8-9-27-17/h1-5,8-10,12,15H,6-7H2,(H,20,24)(H,23,25)(H2,21,22,26)/t12-,15+/m1/s1. The fourth-order valence-electron chi connectivity index (χ4n) is 3.15. The highest BCUT2D eigenvalue weighted by Crippen LogP contribution is 2.27. The minimum absolute atomic E-state index is 0.0109. The summed E-state index contributed by atoms with van der Waals surface area (Å²) in [5, 5.41) is 18.2. The Morgan fingerprint density at radius 3 is 2.89 bits per heavy atom. The van der Waals surface area contributed by atoms with Crippen molar-refractivity contribution in [3.8, 4) is 10.7 Å². The molecule has 1 fully saturated rings. The van der Waals surface area contributed by atoms with Gasteiger partial charge in [-0.1, -0.05) is 30.3 Å². The van der Waals surface area contributed by atoms with Crippen molar-refractivity contribution in [1.29, 1.82) is 0 Å². The first-order chi connectivity index (χ1) is 13.2. The molecule has 2 atom stereocenters. The number of aromatic amines is 1. The Bertz CT molecular complexity index is 925. The quantitative estimate of drug-likeness (QED) is 0.556. The van der Waals surface area contributed by atoms with Crippen LogP contribution in [0.1, 0.15) is 24.4 Å². The van der Waals surface area contributed by atoms with Gasteiger partial charge in [0, 0.05) is 18.0 Å². The molecule has 0 aliphatic carbocycles. The number of piperidine rings is 1. The lowest BCUT2D eigenvalue weighted by Crippen LogP contribution is -2.51. The maximum Gasteiger partial charge on any atom is 0.319 e. The molecule has 3 aromatic rings. The molecule has 0 bridgehead atoms. The highest BCUT2D eigenvalue weighted by Gasteiger charge is 2.31. The van der Waals surface area contributed by atoms with Crippen molar-refractivity contribution in [2.24, 2.45) is 0 Å². The molecule has 9 heteroatoms. The Morgan fingerprint density at radius 2 is 2.11 bits per heavy atom. The summed E-state index contributed by atoms with van der Waals surface area (Å²) in [7, 11) is 0. The SMILES string of the molecule is O=C1CC[C@@H](NC(=O)Nc2cn[nH]c2-c2nccs2)[C@H](c2ccccc2)N1. The minimum Gasteiger partial charge on any atom is -0.347 e. The van der Waals surface area contributed by atoms with E-state index in [4.69, 9.17) is 0 Å². The van der Waals surface area contributed by atoms with E-state index in [1.54, 1.807) is 12.4 Å². The normalized spacial score (nSPS) is 19.3. The number of benzene rings is 1. The summed E-state index contributed by atoms with van der Waals surface area (Å²) in [4.78, 5) is 28.6. The van der Waals surface area contributed by atoms with E-state index in [0.29, 0.717) is 24.2 Å². The molecule has 2 aromatic heterocycles. The minimum atomic E-state index is -0.351. The number of thiazole rings is 1. The fourth-order valence-corrected chi connectivity index (χ4v) is 3.79. The van der Waals surface area contributed by atoms with Gasteiger partial charge in [-0.3, -0.25) is 9.89 Å². The van der Waals surface area contributed by atoms with E-state index in [0.717, 1.165) is 10.6 Å². The number of hydrogen-bond donors (Lipinski definition) is 4. The topological polar surface area (TPSA) is 112 Å². The van der Waals surface area contributed by atoms with Crippen molar-refractivity contribution in [2.75, 3.05) is 5.32 Å². The van der Waals surface area contributed by atoms with Crippen molar-refractivity contribution in [3.63, 3.8) is 0 Å². The van der Waals surface area contributed by atoms with Crippen LogP contribution in [0.3, 0.4) is 0 Å². The van der Waals surface area contributed by atoms with Gasteiger partial charge in [-0.25, -0.2) is 9.78 Å². The predicted molar refractivity (Wildman–Crippen MR) is 102 cm³/mol. The maximum absolute atomic E-state index is 12.6. The predicted octanol–water partition coefficient (Wildman–Crippen LogP) is 2.67. The van der Waals surface area contributed by atoms with E-state index in [9.17, 15) is 9.59 Å². The van der Waals surface area contributed by atoms with Crippen LogP contribution in [0.4, 0.5) is 10.5 Å². The van der Waals surface area contributed by atoms with Crippen molar-refractivity contribution in [3.05, 3.63) is 53.7 Å². The van der Waals surface area contributed by atoms with E-state index in [1.807, 2.05) is 35.7 Å². The molecule has 3 heterocycles. The number of nitrogens with one attached hydrogen (secondary N) is 4. The number of carbonyl (C=O) groups excluding carboxylic acids is 2. The lowest BCUT2D eigenvalue weighted by molar-refractivity contribution is -0.123. The number of anilines is 1. The zero-order chi connectivity index (χ0) is 18.6. The van der Waals surface area contributed by atoms with Gasteiger partial charge in [0.1, 0.15) is 10.7 Å². The van der Waals surface area contributed by atoms with E-state index < -0.39 is 0 Å². The van der Waals surface area contributed by atoms with Crippen LogP contribution in [-0.2, 0) is 4.79 Å². The third kappa shape index (κ3) is 3.82. The molecule has 138 valence electrons. The molecule has 0 saturated carbocycles. The molecule has 0 spiro atoms. The average Bonchev–Trinajstić information content (AvgIpc) is 3.35. The summed E-state index contributed by atoms with van der Waals surface area (Å²) < 4.78 is 0. The van der Waals surface area contributed by atoms with Gasteiger partial charge >= 0.3 is 6.03 Å². The molecule has 1 aliphatic heterocycles. The van der Waals surface area contributed by atoms with Gasteiger partial charge in [0.2, 0.25) is 5.91 Å². The largest absolute Gasteiger partial charge is 0.347 e. The van der Waals surface area contributed by atoms with Crippen LogP contribution in [-0.4, -0.2) is 33.2 Å². The number of amides is 3. The van der Waals surface area contributed by atoms with E-state index >= 15 is 0 Å². The zero-order valence-corrected chi connectivity index (χ0v) is 15.1. The molecule has 1 aliphatic rings. The number of nitrogens with zero attached hydrogens (tertiary/aromatic N) is 2. The number of rotatable bonds is 4. The third-order valence-corrected chi connectivity index (χ3v) is 5.20. The van der Waals surface area contributed by atoms with Crippen molar-refractivity contribution >= 4 is 29.0 Å². The van der Waals surface area contributed by atoms with Gasteiger partial charge < -0.3 is 16.0 Å². The van der Waals surface area contributed by atoms with Crippen molar-refractivity contribution in [1.82, 2.24) is 25.8 Å². The molecule has 4 N–H and O–H groups in total. The lowest BCUT2D eigenvalue weighted by atomic mass is 9.92. The van der Waals surface area contributed by atoms with Crippen molar-refractivity contribution < 1.29 is 9.59 Å². The van der Waals surface area contributed by atoms with E-state index in [1.165, 1.54) is 11.3 Å². The molecular weight excluding hydrogens is 364 g/mol. The van der Waals surface area contributed by atoms with Crippen LogP contribution < -0.4 is 16.0 Å².